The molecule has 5 heteroatoms. The highest BCUT2D eigenvalue weighted by atomic mass is 32.2. The van der Waals surface area contributed by atoms with E-state index in [-0.39, 0.29) is 11.5 Å². The molecule has 22 heavy (non-hydrogen) atoms. The first-order valence-corrected chi connectivity index (χ1v) is 7.63. The van der Waals surface area contributed by atoms with Gasteiger partial charge in [-0.1, -0.05) is 12.1 Å². The molecule has 2 N–H and O–H groups in total. The molecule has 0 radical (unpaired) electrons. The zero-order chi connectivity index (χ0) is 15.5. The number of benzene rings is 2. The van der Waals surface area contributed by atoms with Crippen molar-refractivity contribution in [3.63, 3.8) is 0 Å². The lowest BCUT2D eigenvalue weighted by molar-refractivity contribution is 0.111. The quantitative estimate of drug-likeness (QED) is 0.436. The van der Waals surface area contributed by atoms with E-state index in [4.69, 9.17) is 0 Å². The average molecular weight is 311 g/mol. The SMILES string of the molecule is O=Cc1ncccc1CSc1ccc2cc(O)c(O)cc2c1. The molecule has 0 saturated carbocycles. The third-order valence-corrected chi connectivity index (χ3v) is 4.38. The van der Waals surface area contributed by atoms with Crippen molar-refractivity contribution < 1.29 is 15.0 Å². The second-order valence-corrected chi connectivity index (χ2v) is 5.85. The molecule has 110 valence electrons. The van der Waals surface area contributed by atoms with Crippen molar-refractivity contribution in [1.29, 1.82) is 0 Å². The number of thioether (sulfide) groups is 1. The molecule has 3 rings (SSSR count). The van der Waals surface area contributed by atoms with Crippen molar-refractivity contribution in [2.75, 3.05) is 0 Å². The minimum Gasteiger partial charge on any atom is -0.504 e. The van der Waals surface area contributed by atoms with Crippen LogP contribution in [0.2, 0.25) is 0 Å². The van der Waals surface area contributed by atoms with Crippen LogP contribution in [-0.4, -0.2) is 21.5 Å². The highest BCUT2D eigenvalue weighted by Crippen LogP contribution is 2.33. The third kappa shape index (κ3) is 2.89. The number of phenols is 2. The van der Waals surface area contributed by atoms with Crippen molar-refractivity contribution in [3.05, 3.63) is 59.9 Å². The molecule has 0 spiro atoms. The number of aldehydes is 1. The smallest absolute Gasteiger partial charge is 0.168 e. The highest BCUT2D eigenvalue weighted by Gasteiger charge is 2.06. The van der Waals surface area contributed by atoms with Gasteiger partial charge in [0.15, 0.2) is 17.8 Å². The van der Waals surface area contributed by atoms with Crippen LogP contribution >= 0.6 is 11.8 Å². The fourth-order valence-electron chi connectivity index (χ4n) is 2.18. The number of carbonyl (C=O) groups excluding carboxylic acids is 1. The summed E-state index contributed by atoms with van der Waals surface area (Å²) in [5.74, 6) is 0.376. The molecule has 4 nitrogen and oxygen atoms in total. The summed E-state index contributed by atoms with van der Waals surface area (Å²) in [5.41, 5.74) is 1.34. The number of rotatable bonds is 4. The number of hydrogen-bond acceptors (Lipinski definition) is 5. The van der Waals surface area contributed by atoms with E-state index in [2.05, 4.69) is 4.98 Å². The van der Waals surface area contributed by atoms with Gasteiger partial charge in [0.1, 0.15) is 5.69 Å². The Labute approximate surface area is 131 Å². The van der Waals surface area contributed by atoms with E-state index >= 15 is 0 Å². The van der Waals surface area contributed by atoms with Crippen LogP contribution in [0.25, 0.3) is 10.8 Å². The second-order valence-electron chi connectivity index (χ2n) is 4.80. The van der Waals surface area contributed by atoms with Crippen molar-refractivity contribution in [2.24, 2.45) is 0 Å². The number of hydrogen-bond donors (Lipinski definition) is 2. The van der Waals surface area contributed by atoms with Gasteiger partial charge in [0.05, 0.1) is 0 Å². The van der Waals surface area contributed by atoms with Gasteiger partial charge in [0.25, 0.3) is 0 Å². The Hall–Kier alpha value is -2.53. The Morgan fingerprint density at radius 1 is 1.05 bits per heavy atom. The third-order valence-electron chi connectivity index (χ3n) is 3.34. The summed E-state index contributed by atoms with van der Waals surface area (Å²) >= 11 is 1.58. The van der Waals surface area contributed by atoms with Gasteiger partial charge in [-0.2, -0.15) is 0 Å². The molecular weight excluding hydrogens is 298 g/mol. The molecule has 0 amide bonds. The van der Waals surface area contributed by atoms with Crippen LogP contribution in [0, 0.1) is 0 Å². The first-order valence-electron chi connectivity index (χ1n) is 6.65. The van der Waals surface area contributed by atoms with Gasteiger partial charge >= 0.3 is 0 Å². The number of aromatic hydroxyl groups is 2. The number of carbonyl (C=O) groups is 1. The number of aromatic nitrogens is 1. The standard InChI is InChI=1S/C17H13NO3S/c19-9-15-12(2-1-5-18-15)10-22-14-4-3-11-7-16(20)17(21)8-13(11)6-14/h1-9,20-21H,10H2. The lowest BCUT2D eigenvalue weighted by Crippen LogP contribution is -1.93. The lowest BCUT2D eigenvalue weighted by atomic mass is 10.1. The van der Waals surface area contributed by atoms with Gasteiger partial charge in [0, 0.05) is 16.8 Å². The predicted molar refractivity (Wildman–Crippen MR) is 86.5 cm³/mol. The largest absolute Gasteiger partial charge is 0.504 e. The van der Waals surface area contributed by atoms with E-state index in [9.17, 15) is 15.0 Å². The Morgan fingerprint density at radius 2 is 1.82 bits per heavy atom. The first-order chi connectivity index (χ1) is 10.7. The molecule has 1 aromatic heterocycles. The zero-order valence-electron chi connectivity index (χ0n) is 11.6. The molecule has 0 aliphatic heterocycles. The highest BCUT2D eigenvalue weighted by molar-refractivity contribution is 7.98. The van der Waals surface area contributed by atoms with Gasteiger partial charge in [0.2, 0.25) is 0 Å². The Balaban J connectivity index is 1.85. The number of fused-ring (bicyclic) bond motifs is 1. The lowest BCUT2D eigenvalue weighted by Gasteiger charge is -2.06. The molecule has 0 saturated heterocycles. The van der Waals surface area contributed by atoms with Crippen LogP contribution in [0.4, 0.5) is 0 Å². The maximum atomic E-state index is 11.0. The van der Waals surface area contributed by atoms with Crippen LogP contribution in [0.15, 0.2) is 53.6 Å². The van der Waals surface area contributed by atoms with Crippen molar-refractivity contribution >= 4 is 28.8 Å². The van der Waals surface area contributed by atoms with Gasteiger partial charge in [-0.25, -0.2) is 0 Å². The van der Waals surface area contributed by atoms with Gasteiger partial charge < -0.3 is 10.2 Å². The molecule has 1 heterocycles. The summed E-state index contributed by atoms with van der Waals surface area (Å²) in [6.45, 7) is 0. The van der Waals surface area contributed by atoms with Crippen LogP contribution in [0.5, 0.6) is 11.5 Å². The molecule has 0 fully saturated rings. The van der Waals surface area contributed by atoms with Crippen LogP contribution in [-0.2, 0) is 5.75 Å². The molecule has 0 atom stereocenters. The summed E-state index contributed by atoms with van der Waals surface area (Å²) in [7, 11) is 0. The Kier molecular flexibility index (Phi) is 3.98. The summed E-state index contributed by atoms with van der Waals surface area (Å²) in [6, 6.07) is 12.5. The molecule has 3 aromatic rings. The maximum Gasteiger partial charge on any atom is 0.168 e. The van der Waals surface area contributed by atoms with Gasteiger partial charge in [-0.3, -0.25) is 9.78 Å². The predicted octanol–water partition coefficient (Wildman–Crippen LogP) is 3.75. The van der Waals surface area contributed by atoms with E-state index in [1.807, 2.05) is 30.3 Å². The summed E-state index contributed by atoms with van der Waals surface area (Å²) in [4.78, 5) is 16.0. The van der Waals surface area contributed by atoms with Gasteiger partial charge in [-0.15, -0.1) is 11.8 Å². The fraction of sp³-hybridized carbons (Fsp3) is 0.0588. The van der Waals surface area contributed by atoms with Crippen LogP contribution in [0.1, 0.15) is 16.1 Å². The minimum absolute atomic E-state index is 0.126. The number of nitrogens with zero attached hydrogens (tertiary/aromatic N) is 1. The van der Waals surface area contributed by atoms with E-state index < -0.39 is 0 Å². The molecule has 2 aromatic carbocycles. The maximum absolute atomic E-state index is 11.0. The molecule has 0 aliphatic carbocycles. The van der Waals surface area contributed by atoms with Crippen molar-refractivity contribution in [1.82, 2.24) is 4.98 Å². The van der Waals surface area contributed by atoms with E-state index in [1.54, 1.807) is 18.0 Å². The van der Waals surface area contributed by atoms with E-state index in [0.29, 0.717) is 11.4 Å². The van der Waals surface area contributed by atoms with Crippen molar-refractivity contribution in [2.45, 2.75) is 10.6 Å². The monoisotopic (exact) mass is 311 g/mol. The number of pyridine rings is 1. The van der Waals surface area contributed by atoms with E-state index in [0.717, 1.165) is 27.5 Å². The zero-order valence-corrected chi connectivity index (χ0v) is 12.4. The van der Waals surface area contributed by atoms with E-state index in [1.165, 1.54) is 12.1 Å². The normalized spacial score (nSPS) is 10.7. The molecule has 0 aliphatic rings. The minimum atomic E-state index is -0.134. The summed E-state index contributed by atoms with van der Waals surface area (Å²) in [6.07, 6.45) is 2.36. The molecule has 0 bridgehead atoms. The first kappa shape index (κ1) is 14.4. The molecular formula is C17H13NO3S. The fourth-order valence-corrected chi connectivity index (χ4v) is 3.12. The average Bonchev–Trinajstić information content (AvgIpc) is 2.54. The number of phenolic OH excluding ortho intramolecular Hbond substituents is 2. The molecule has 0 unspecified atom stereocenters. The second kappa shape index (κ2) is 6.07. The van der Waals surface area contributed by atoms with Crippen LogP contribution < -0.4 is 0 Å². The van der Waals surface area contributed by atoms with Crippen LogP contribution in [0.3, 0.4) is 0 Å². The summed E-state index contributed by atoms with van der Waals surface area (Å²) < 4.78 is 0. The summed E-state index contributed by atoms with van der Waals surface area (Å²) in [5, 5.41) is 20.8. The van der Waals surface area contributed by atoms with Gasteiger partial charge in [-0.05, 0) is 46.7 Å². The topological polar surface area (TPSA) is 70.4 Å². The van der Waals surface area contributed by atoms with Crippen molar-refractivity contribution in [3.8, 4) is 11.5 Å². The Bertz CT molecular complexity index is 848. The Morgan fingerprint density at radius 3 is 2.59 bits per heavy atom.